The zero-order valence-corrected chi connectivity index (χ0v) is 12.1. The second kappa shape index (κ2) is 4.62. The smallest absolute Gasteiger partial charge is 0.280 e. The van der Waals surface area contributed by atoms with Crippen molar-refractivity contribution in [2.75, 3.05) is 12.3 Å². The third-order valence-corrected chi connectivity index (χ3v) is 4.36. The molecular weight excluding hydrogens is 321 g/mol. The van der Waals surface area contributed by atoms with E-state index in [4.69, 9.17) is 22.1 Å². The highest BCUT2D eigenvalue weighted by molar-refractivity contribution is 6.24. The lowest BCUT2D eigenvalue weighted by molar-refractivity contribution is -0.127. The fourth-order valence-corrected chi connectivity index (χ4v) is 2.82. The predicted octanol–water partition coefficient (Wildman–Crippen LogP) is -0.969. The molecule has 0 spiro atoms. The molecule has 3 heterocycles. The van der Waals surface area contributed by atoms with Gasteiger partial charge in [-0.05, 0) is 6.92 Å². The number of aromatic amines is 1. The Morgan fingerprint density at radius 1 is 1.68 bits per heavy atom. The van der Waals surface area contributed by atoms with Crippen LogP contribution < -0.4 is 11.3 Å². The molecule has 0 bridgehead atoms. The van der Waals surface area contributed by atoms with Crippen molar-refractivity contribution in [2.24, 2.45) is 0 Å². The van der Waals surface area contributed by atoms with Gasteiger partial charge in [0.2, 0.25) is 5.95 Å². The number of aliphatic hydroxyl groups is 2. The first kappa shape index (κ1) is 15.2. The van der Waals surface area contributed by atoms with Crippen LogP contribution in [-0.2, 0) is 10.5 Å². The molecule has 0 aromatic carbocycles. The molecule has 3 rings (SSSR count). The Morgan fingerprint density at radius 3 is 2.95 bits per heavy atom. The Bertz CT molecular complexity index is 792. The number of H-pyrrole nitrogens is 1. The third-order valence-electron chi connectivity index (χ3n) is 3.79. The normalized spacial score (nSPS) is 35.3. The van der Waals surface area contributed by atoms with E-state index in [0.29, 0.717) is 0 Å². The largest absolute Gasteiger partial charge is 0.394 e. The number of nitrogens with zero attached hydrogens (tertiary/aromatic N) is 3. The molecule has 120 valence electrons. The summed E-state index contributed by atoms with van der Waals surface area (Å²) in [7, 11) is 0. The number of ether oxygens (including phenoxy) is 1. The van der Waals surface area contributed by atoms with E-state index < -0.39 is 35.2 Å². The lowest BCUT2D eigenvalue weighted by Gasteiger charge is -2.33. The summed E-state index contributed by atoms with van der Waals surface area (Å²) >= 11 is 5.82. The SMILES string of the molecule is CC1(n2cnc3c(=O)[nH]c(N)nc32)OC(CO)C(O)C1(F)Cl. The van der Waals surface area contributed by atoms with Crippen molar-refractivity contribution in [2.45, 2.75) is 30.0 Å². The second-order valence-electron chi connectivity index (χ2n) is 5.13. The highest BCUT2D eigenvalue weighted by Gasteiger charge is 2.65. The standard InChI is InChI=1S/C11H13ClFN5O4/c1-10(11(12,13)6(20)4(2-19)22-10)18-3-15-5-7(18)16-9(14)17-8(5)21/h3-4,6,19-20H,2H2,1H3,(H3,14,16,17,21). The van der Waals surface area contributed by atoms with E-state index in [1.54, 1.807) is 0 Å². The van der Waals surface area contributed by atoms with Crippen molar-refractivity contribution in [3.63, 3.8) is 0 Å². The first-order valence-corrected chi connectivity index (χ1v) is 6.68. The van der Waals surface area contributed by atoms with Crippen LogP contribution in [0.25, 0.3) is 11.2 Å². The molecule has 1 fully saturated rings. The number of hydrogen-bond donors (Lipinski definition) is 4. The maximum absolute atomic E-state index is 14.9. The minimum absolute atomic E-state index is 0.0581. The lowest BCUT2D eigenvalue weighted by atomic mass is 10.0. The van der Waals surface area contributed by atoms with Gasteiger partial charge in [-0.15, -0.1) is 0 Å². The summed E-state index contributed by atoms with van der Waals surface area (Å²) in [6.45, 7) is 0.608. The molecule has 1 saturated heterocycles. The van der Waals surface area contributed by atoms with Crippen LogP contribution in [0.2, 0.25) is 0 Å². The molecule has 2 aromatic rings. The molecule has 1 aliphatic heterocycles. The molecule has 11 heteroatoms. The number of halogens is 2. The average Bonchev–Trinajstić information content (AvgIpc) is 2.93. The van der Waals surface area contributed by atoms with Crippen molar-refractivity contribution in [1.82, 2.24) is 19.5 Å². The molecule has 2 aromatic heterocycles. The quantitative estimate of drug-likeness (QED) is 0.518. The van der Waals surface area contributed by atoms with Crippen LogP contribution >= 0.6 is 11.6 Å². The number of aromatic nitrogens is 4. The van der Waals surface area contributed by atoms with Gasteiger partial charge in [0.25, 0.3) is 10.7 Å². The van der Waals surface area contributed by atoms with Gasteiger partial charge in [0.15, 0.2) is 16.9 Å². The van der Waals surface area contributed by atoms with Crippen molar-refractivity contribution in [3.8, 4) is 0 Å². The number of nitrogens with one attached hydrogen (secondary N) is 1. The highest BCUT2D eigenvalue weighted by atomic mass is 35.5. The van der Waals surface area contributed by atoms with Crippen LogP contribution in [0.3, 0.4) is 0 Å². The number of anilines is 1. The van der Waals surface area contributed by atoms with Crippen LogP contribution in [0, 0.1) is 0 Å². The number of rotatable bonds is 2. The summed E-state index contributed by atoms with van der Waals surface area (Å²) in [4.78, 5) is 21.8. The molecule has 0 amide bonds. The summed E-state index contributed by atoms with van der Waals surface area (Å²) in [5, 5.41) is 16.3. The number of hydrogen-bond acceptors (Lipinski definition) is 7. The number of nitrogens with two attached hydrogens (primary N) is 1. The maximum Gasteiger partial charge on any atom is 0.280 e. The van der Waals surface area contributed by atoms with Crippen molar-refractivity contribution in [1.29, 1.82) is 0 Å². The highest BCUT2D eigenvalue weighted by Crippen LogP contribution is 2.49. The van der Waals surface area contributed by atoms with Gasteiger partial charge in [-0.1, -0.05) is 11.6 Å². The molecule has 4 unspecified atom stereocenters. The molecule has 0 aliphatic carbocycles. The van der Waals surface area contributed by atoms with E-state index in [1.807, 2.05) is 0 Å². The Labute approximate surface area is 127 Å². The number of imidazole rings is 1. The van der Waals surface area contributed by atoms with Crippen LogP contribution in [0.5, 0.6) is 0 Å². The molecule has 5 N–H and O–H groups in total. The first-order valence-electron chi connectivity index (χ1n) is 6.30. The Balaban J connectivity index is 2.24. The average molecular weight is 334 g/mol. The monoisotopic (exact) mass is 333 g/mol. The third kappa shape index (κ3) is 1.78. The van der Waals surface area contributed by atoms with Gasteiger partial charge in [0, 0.05) is 0 Å². The number of aliphatic hydroxyl groups excluding tert-OH is 2. The predicted molar refractivity (Wildman–Crippen MR) is 73.9 cm³/mol. The second-order valence-corrected chi connectivity index (χ2v) is 5.68. The summed E-state index contributed by atoms with van der Waals surface area (Å²) < 4.78 is 21.3. The van der Waals surface area contributed by atoms with Crippen LogP contribution in [0.1, 0.15) is 6.92 Å². The molecule has 9 nitrogen and oxygen atoms in total. The van der Waals surface area contributed by atoms with Gasteiger partial charge >= 0.3 is 0 Å². The van der Waals surface area contributed by atoms with Crippen molar-refractivity contribution < 1.29 is 19.3 Å². The van der Waals surface area contributed by atoms with Crippen LogP contribution in [0.4, 0.5) is 10.3 Å². The summed E-state index contributed by atoms with van der Waals surface area (Å²) in [5.74, 6) is -0.195. The van der Waals surface area contributed by atoms with Crippen molar-refractivity contribution >= 4 is 28.7 Å². The number of nitrogen functional groups attached to an aromatic ring is 1. The zero-order valence-electron chi connectivity index (χ0n) is 11.3. The van der Waals surface area contributed by atoms with Gasteiger partial charge < -0.3 is 20.7 Å². The molecular formula is C11H13ClFN5O4. The van der Waals surface area contributed by atoms with E-state index in [2.05, 4.69) is 15.0 Å². The lowest BCUT2D eigenvalue weighted by Crippen LogP contribution is -2.48. The molecule has 0 radical (unpaired) electrons. The number of fused-ring (bicyclic) bond motifs is 1. The summed E-state index contributed by atoms with van der Waals surface area (Å²) in [5.41, 5.74) is 2.77. The van der Waals surface area contributed by atoms with Gasteiger partial charge in [0.05, 0.1) is 12.9 Å². The van der Waals surface area contributed by atoms with E-state index in [-0.39, 0.29) is 17.1 Å². The number of alkyl halides is 2. The van der Waals surface area contributed by atoms with Gasteiger partial charge in [-0.2, -0.15) is 4.98 Å². The minimum atomic E-state index is -2.78. The van der Waals surface area contributed by atoms with E-state index in [1.165, 1.54) is 6.92 Å². The maximum atomic E-state index is 14.9. The van der Waals surface area contributed by atoms with Crippen molar-refractivity contribution in [3.05, 3.63) is 16.7 Å². The van der Waals surface area contributed by atoms with Crippen LogP contribution in [-0.4, -0.2) is 53.7 Å². The molecule has 22 heavy (non-hydrogen) atoms. The Kier molecular flexibility index (Phi) is 3.18. The first-order chi connectivity index (χ1) is 10.2. The van der Waals surface area contributed by atoms with Gasteiger partial charge in [0.1, 0.15) is 12.2 Å². The fraction of sp³-hybridized carbons (Fsp3) is 0.545. The topological polar surface area (TPSA) is 139 Å². The van der Waals surface area contributed by atoms with Gasteiger partial charge in [-0.3, -0.25) is 14.3 Å². The fourth-order valence-electron chi connectivity index (χ4n) is 2.54. The molecule has 4 atom stereocenters. The minimum Gasteiger partial charge on any atom is -0.394 e. The Hall–Kier alpha value is -1.75. The molecule has 0 saturated carbocycles. The summed E-state index contributed by atoms with van der Waals surface area (Å²) in [6, 6.07) is 0. The van der Waals surface area contributed by atoms with Crippen LogP contribution in [0.15, 0.2) is 11.1 Å². The van der Waals surface area contributed by atoms with E-state index >= 15 is 0 Å². The Morgan fingerprint density at radius 2 is 2.36 bits per heavy atom. The van der Waals surface area contributed by atoms with E-state index in [9.17, 15) is 19.4 Å². The van der Waals surface area contributed by atoms with Gasteiger partial charge in [-0.25, -0.2) is 9.37 Å². The summed E-state index contributed by atoms with van der Waals surface area (Å²) in [6.07, 6.45) is -1.93. The van der Waals surface area contributed by atoms with E-state index in [0.717, 1.165) is 10.9 Å². The molecule has 1 aliphatic rings. The zero-order chi connectivity index (χ0) is 16.3.